The molecule has 172 valence electrons. The maximum atomic E-state index is 13.3. The molecular formula is C27H33N5O. The molecule has 1 amide bonds. The number of rotatable bonds is 7. The Bertz CT molecular complexity index is 1030. The topological polar surface area (TPSA) is 62.2 Å². The molecule has 1 atom stereocenters. The Labute approximate surface area is 196 Å². The average molecular weight is 444 g/mol. The molecule has 1 saturated heterocycles. The van der Waals surface area contributed by atoms with Crippen molar-refractivity contribution in [2.75, 3.05) is 26.2 Å². The summed E-state index contributed by atoms with van der Waals surface area (Å²) in [5, 5.41) is 0. The monoisotopic (exact) mass is 443 g/mol. The first-order valence-corrected chi connectivity index (χ1v) is 11.8. The molecule has 0 spiro atoms. The Balaban J connectivity index is 1.47. The third-order valence-corrected chi connectivity index (χ3v) is 6.30. The maximum absolute atomic E-state index is 13.3. The van der Waals surface area contributed by atoms with Gasteiger partial charge in [0.1, 0.15) is 5.82 Å². The summed E-state index contributed by atoms with van der Waals surface area (Å²) in [4.78, 5) is 30.7. The van der Waals surface area contributed by atoms with Crippen molar-refractivity contribution in [3.8, 4) is 11.1 Å². The Morgan fingerprint density at radius 3 is 2.24 bits per heavy atom. The summed E-state index contributed by atoms with van der Waals surface area (Å²) >= 11 is 0. The molecule has 3 heterocycles. The molecule has 0 radical (unpaired) electrons. The summed E-state index contributed by atoms with van der Waals surface area (Å²) in [7, 11) is 0. The number of likely N-dealkylation sites (N-methyl/N-ethyl adjacent to an activating group) is 1. The summed E-state index contributed by atoms with van der Waals surface area (Å²) in [6.07, 6.45) is 8.22. The van der Waals surface area contributed by atoms with E-state index < -0.39 is 0 Å². The molecule has 6 nitrogen and oxygen atoms in total. The first-order chi connectivity index (χ1) is 16.0. The second-order valence-electron chi connectivity index (χ2n) is 9.09. The van der Waals surface area contributed by atoms with Gasteiger partial charge < -0.3 is 4.90 Å². The van der Waals surface area contributed by atoms with Crippen molar-refractivity contribution >= 4 is 5.91 Å². The van der Waals surface area contributed by atoms with E-state index in [2.05, 4.69) is 64.9 Å². The van der Waals surface area contributed by atoms with Crippen LogP contribution in [0.2, 0.25) is 0 Å². The number of aromatic nitrogens is 3. The number of carbonyl (C=O) groups is 1. The van der Waals surface area contributed by atoms with Crippen LogP contribution in [-0.4, -0.2) is 56.8 Å². The lowest BCUT2D eigenvalue weighted by Gasteiger charge is -2.23. The normalized spacial score (nSPS) is 17.4. The fraction of sp³-hybridized carbons (Fsp3) is 0.407. The number of benzene rings is 1. The molecule has 33 heavy (non-hydrogen) atoms. The second kappa shape index (κ2) is 10.7. The van der Waals surface area contributed by atoms with Crippen LogP contribution >= 0.6 is 0 Å². The minimum Gasteiger partial charge on any atom is -0.341 e. The fourth-order valence-corrected chi connectivity index (χ4v) is 4.39. The Kier molecular flexibility index (Phi) is 7.45. The van der Waals surface area contributed by atoms with Gasteiger partial charge in [0.15, 0.2) is 0 Å². The molecule has 4 rings (SSSR count). The van der Waals surface area contributed by atoms with E-state index in [-0.39, 0.29) is 11.8 Å². The summed E-state index contributed by atoms with van der Waals surface area (Å²) in [5.74, 6) is 1.39. The lowest BCUT2D eigenvalue weighted by Crippen LogP contribution is -2.37. The Morgan fingerprint density at radius 2 is 1.61 bits per heavy atom. The number of amides is 1. The highest BCUT2D eigenvalue weighted by Gasteiger charge is 2.29. The van der Waals surface area contributed by atoms with Gasteiger partial charge in [0.25, 0.3) is 0 Å². The highest BCUT2D eigenvalue weighted by Crippen LogP contribution is 2.22. The zero-order valence-electron chi connectivity index (χ0n) is 19.8. The van der Waals surface area contributed by atoms with Crippen LogP contribution < -0.4 is 0 Å². The van der Waals surface area contributed by atoms with Crippen molar-refractivity contribution in [2.24, 2.45) is 5.92 Å². The number of nitrogens with zero attached hydrogens (tertiary/aromatic N) is 5. The number of carbonyl (C=O) groups excluding carboxylic acids is 1. The van der Waals surface area contributed by atoms with E-state index in [1.807, 2.05) is 41.8 Å². The lowest BCUT2D eigenvalue weighted by molar-refractivity contribution is -0.134. The molecule has 1 aliphatic heterocycles. The minimum atomic E-state index is -0.0601. The van der Waals surface area contributed by atoms with Crippen LogP contribution in [0.3, 0.4) is 0 Å². The third kappa shape index (κ3) is 5.82. The van der Waals surface area contributed by atoms with Gasteiger partial charge in [-0.15, -0.1) is 0 Å². The number of pyridine rings is 1. The summed E-state index contributed by atoms with van der Waals surface area (Å²) in [5.41, 5.74) is 4.59. The van der Waals surface area contributed by atoms with Gasteiger partial charge in [-0.05, 0) is 42.2 Å². The smallest absolute Gasteiger partial charge is 0.227 e. The molecule has 2 aromatic heterocycles. The number of hydrogen-bond acceptors (Lipinski definition) is 5. The first kappa shape index (κ1) is 23.1. The predicted molar refractivity (Wildman–Crippen MR) is 131 cm³/mol. The van der Waals surface area contributed by atoms with Crippen molar-refractivity contribution in [3.63, 3.8) is 0 Å². The van der Waals surface area contributed by atoms with Crippen LogP contribution in [0, 0.1) is 5.92 Å². The molecule has 1 fully saturated rings. The number of hydrogen-bond donors (Lipinski definition) is 0. The molecule has 0 bridgehead atoms. The second-order valence-corrected chi connectivity index (χ2v) is 9.09. The molecule has 1 aromatic carbocycles. The highest BCUT2D eigenvalue weighted by molar-refractivity contribution is 5.79. The van der Waals surface area contributed by atoms with E-state index in [4.69, 9.17) is 0 Å². The standard InChI is InChI=1S/C27H33N5O/c1-4-32-14-13-31(18-22-16-29-26(20(2)3)30-17-22)19-25(27(32)33)15-21-5-7-23(8-6-21)24-9-11-28-12-10-24/h5-12,16-17,20,25H,4,13-15,18-19H2,1-3H3/t25-/m0/s1. The lowest BCUT2D eigenvalue weighted by atomic mass is 9.95. The zero-order valence-corrected chi connectivity index (χ0v) is 19.8. The van der Waals surface area contributed by atoms with Gasteiger partial charge in [-0.3, -0.25) is 14.7 Å². The van der Waals surface area contributed by atoms with E-state index in [9.17, 15) is 4.79 Å². The molecule has 0 aliphatic carbocycles. The SMILES string of the molecule is CCN1CCN(Cc2cnc(C(C)C)nc2)C[C@H](Cc2ccc(-c3ccncc3)cc2)C1=O. The van der Waals surface area contributed by atoms with Gasteiger partial charge in [0, 0.05) is 69.0 Å². The van der Waals surface area contributed by atoms with E-state index >= 15 is 0 Å². The molecule has 0 saturated carbocycles. The average Bonchev–Trinajstić information content (AvgIpc) is 2.99. The summed E-state index contributed by atoms with van der Waals surface area (Å²) in [6.45, 7) is 10.1. The van der Waals surface area contributed by atoms with Crippen molar-refractivity contribution in [1.82, 2.24) is 24.8 Å². The van der Waals surface area contributed by atoms with Gasteiger partial charge >= 0.3 is 0 Å². The largest absolute Gasteiger partial charge is 0.341 e. The van der Waals surface area contributed by atoms with Crippen molar-refractivity contribution < 1.29 is 4.79 Å². The summed E-state index contributed by atoms with van der Waals surface area (Å²) in [6, 6.07) is 12.6. The van der Waals surface area contributed by atoms with Crippen LogP contribution in [0.15, 0.2) is 61.2 Å². The van der Waals surface area contributed by atoms with E-state index in [0.717, 1.165) is 61.7 Å². The van der Waals surface area contributed by atoms with Gasteiger partial charge in [-0.2, -0.15) is 0 Å². The first-order valence-electron chi connectivity index (χ1n) is 11.8. The molecule has 6 heteroatoms. The van der Waals surface area contributed by atoms with Crippen LogP contribution in [-0.2, 0) is 17.8 Å². The van der Waals surface area contributed by atoms with E-state index in [1.54, 1.807) is 0 Å². The Hall–Kier alpha value is -3.12. The molecule has 1 aliphatic rings. The molecule has 3 aromatic rings. The minimum absolute atomic E-state index is 0.0601. The summed E-state index contributed by atoms with van der Waals surface area (Å²) < 4.78 is 0. The van der Waals surface area contributed by atoms with Crippen LogP contribution in [0.1, 0.15) is 43.6 Å². The van der Waals surface area contributed by atoms with Crippen molar-refractivity contribution in [3.05, 3.63) is 78.1 Å². The molecule has 0 N–H and O–H groups in total. The van der Waals surface area contributed by atoms with Gasteiger partial charge in [0.2, 0.25) is 5.91 Å². The Morgan fingerprint density at radius 1 is 0.939 bits per heavy atom. The molecule has 0 unspecified atom stereocenters. The highest BCUT2D eigenvalue weighted by atomic mass is 16.2. The van der Waals surface area contributed by atoms with Crippen LogP contribution in [0.4, 0.5) is 0 Å². The maximum Gasteiger partial charge on any atom is 0.227 e. The van der Waals surface area contributed by atoms with Gasteiger partial charge in [0.05, 0.1) is 5.92 Å². The van der Waals surface area contributed by atoms with Crippen LogP contribution in [0.5, 0.6) is 0 Å². The van der Waals surface area contributed by atoms with Crippen LogP contribution in [0.25, 0.3) is 11.1 Å². The van der Waals surface area contributed by atoms with Crippen molar-refractivity contribution in [1.29, 1.82) is 0 Å². The van der Waals surface area contributed by atoms with Gasteiger partial charge in [-0.25, -0.2) is 9.97 Å². The molecular weight excluding hydrogens is 410 g/mol. The zero-order chi connectivity index (χ0) is 23.2. The predicted octanol–water partition coefficient (Wildman–Crippen LogP) is 4.19. The quantitative estimate of drug-likeness (QED) is 0.548. The van der Waals surface area contributed by atoms with Gasteiger partial charge in [-0.1, -0.05) is 38.1 Å². The van der Waals surface area contributed by atoms with Crippen molar-refractivity contribution in [2.45, 2.75) is 39.7 Å². The van der Waals surface area contributed by atoms with E-state index in [1.165, 1.54) is 5.56 Å². The fourth-order valence-electron chi connectivity index (χ4n) is 4.39. The van der Waals surface area contributed by atoms with E-state index in [0.29, 0.717) is 5.92 Å². The third-order valence-electron chi connectivity index (χ3n) is 6.30.